The van der Waals surface area contributed by atoms with Gasteiger partial charge in [0.2, 0.25) is 0 Å². The molecular weight excluding hydrogens is 504 g/mol. The Balaban J connectivity index is 1.44. The Morgan fingerprint density at radius 3 is 1.92 bits per heavy atom. The Labute approximate surface area is 218 Å². The van der Waals surface area contributed by atoms with Crippen LogP contribution in [0.25, 0.3) is 55.2 Å². The molecule has 2 nitrogen and oxygen atoms in total. The molecule has 0 unspecified atom stereocenters. The van der Waals surface area contributed by atoms with Crippen LogP contribution in [-0.4, -0.2) is 10.2 Å². The number of rotatable bonds is 2. The molecule has 1 heterocycles. The van der Waals surface area contributed by atoms with Crippen LogP contribution in [0.3, 0.4) is 0 Å². The zero-order valence-electron chi connectivity index (χ0n) is 20.1. The van der Waals surface area contributed by atoms with Gasteiger partial charge in [-0.3, -0.25) is 0 Å². The number of fused-ring (bicyclic) bond motifs is 5. The first kappa shape index (κ1) is 21.5. The molecule has 1 aliphatic carbocycles. The van der Waals surface area contributed by atoms with Crippen molar-refractivity contribution in [3.8, 4) is 33.6 Å². The molecule has 0 amide bonds. The highest BCUT2D eigenvalue weighted by molar-refractivity contribution is 9.10. The Bertz CT molecular complexity index is 1830. The van der Waals surface area contributed by atoms with Gasteiger partial charge >= 0.3 is 0 Å². The van der Waals surface area contributed by atoms with Crippen LogP contribution < -0.4 is 0 Å². The normalized spacial score (nSPS) is 13.6. The van der Waals surface area contributed by atoms with E-state index >= 15 is 0 Å². The smallest absolute Gasteiger partial charge is 0.101 e. The zero-order chi connectivity index (χ0) is 24.4. The van der Waals surface area contributed by atoms with Crippen molar-refractivity contribution in [2.75, 3.05) is 0 Å². The number of nitrogens with zero attached hydrogens (tertiary/aromatic N) is 2. The van der Waals surface area contributed by atoms with Gasteiger partial charge in [0.15, 0.2) is 0 Å². The molecule has 6 aromatic rings. The summed E-state index contributed by atoms with van der Waals surface area (Å²) in [6.45, 7) is 4.62. The molecule has 7 rings (SSSR count). The highest BCUT2D eigenvalue weighted by Crippen LogP contribution is 2.49. The number of benzene rings is 5. The summed E-state index contributed by atoms with van der Waals surface area (Å²) in [6, 6.07) is 36.7. The van der Waals surface area contributed by atoms with E-state index in [4.69, 9.17) is 10.2 Å². The first-order valence-electron chi connectivity index (χ1n) is 12.2. The molecule has 3 heteroatoms. The van der Waals surface area contributed by atoms with Crippen LogP contribution in [0, 0.1) is 0 Å². The van der Waals surface area contributed by atoms with E-state index in [1.807, 2.05) is 0 Å². The van der Waals surface area contributed by atoms with Gasteiger partial charge in [-0.05, 0) is 45.2 Å². The van der Waals surface area contributed by atoms with Crippen molar-refractivity contribution in [3.63, 3.8) is 0 Å². The van der Waals surface area contributed by atoms with E-state index in [1.165, 1.54) is 27.6 Å². The number of aromatic nitrogens is 2. The van der Waals surface area contributed by atoms with Gasteiger partial charge in [-0.1, -0.05) is 121 Å². The zero-order valence-corrected chi connectivity index (χ0v) is 21.7. The van der Waals surface area contributed by atoms with E-state index in [9.17, 15) is 0 Å². The molecule has 0 saturated carbocycles. The SMILES string of the molecule is CC1(C)c2ccccc2-c2ccc(-c3nnc(-c4ccc(Br)c5ccccc45)c4ccccc34)cc21. The number of hydrogen-bond donors (Lipinski definition) is 0. The molecule has 0 bridgehead atoms. The van der Waals surface area contributed by atoms with Crippen LogP contribution in [0.15, 0.2) is 108 Å². The van der Waals surface area contributed by atoms with Gasteiger partial charge in [-0.25, -0.2) is 0 Å². The van der Waals surface area contributed by atoms with Crippen LogP contribution in [0.2, 0.25) is 0 Å². The third-order valence-corrected chi connectivity index (χ3v) is 8.36. The minimum atomic E-state index is -0.0541. The Morgan fingerprint density at radius 2 is 1.11 bits per heavy atom. The maximum Gasteiger partial charge on any atom is 0.101 e. The van der Waals surface area contributed by atoms with Crippen molar-refractivity contribution in [3.05, 3.63) is 119 Å². The van der Waals surface area contributed by atoms with Crippen molar-refractivity contribution in [1.29, 1.82) is 0 Å². The average molecular weight is 527 g/mol. The summed E-state index contributed by atoms with van der Waals surface area (Å²) in [5.74, 6) is 0. The fourth-order valence-corrected chi connectivity index (χ4v) is 6.31. The van der Waals surface area contributed by atoms with Crippen LogP contribution >= 0.6 is 15.9 Å². The number of hydrogen-bond acceptors (Lipinski definition) is 2. The Kier molecular flexibility index (Phi) is 4.67. The van der Waals surface area contributed by atoms with Gasteiger partial charge < -0.3 is 0 Å². The second-order valence-corrected chi connectivity index (χ2v) is 10.9. The lowest BCUT2D eigenvalue weighted by Crippen LogP contribution is -2.15. The lowest BCUT2D eigenvalue weighted by atomic mass is 9.81. The van der Waals surface area contributed by atoms with E-state index in [-0.39, 0.29) is 5.41 Å². The van der Waals surface area contributed by atoms with Gasteiger partial charge in [0.25, 0.3) is 0 Å². The van der Waals surface area contributed by atoms with Crippen molar-refractivity contribution < 1.29 is 0 Å². The predicted octanol–water partition coefficient (Wildman–Crippen LogP) is 9.19. The monoisotopic (exact) mass is 526 g/mol. The average Bonchev–Trinajstić information content (AvgIpc) is 3.15. The summed E-state index contributed by atoms with van der Waals surface area (Å²) in [5.41, 5.74) is 9.34. The molecule has 1 aromatic heterocycles. The molecule has 172 valence electrons. The topological polar surface area (TPSA) is 25.8 Å². The lowest BCUT2D eigenvalue weighted by Gasteiger charge is -2.22. The highest BCUT2D eigenvalue weighted by Gasteiger charge is 2.35. The van der Waals surface area contributed by atoms with Crippen molar-refractivity contribution in [1.82, 2.24) is 10.2 Å². The minimum Gasteiger partial charge on any atom is -0.149 e. The quantitative estimate of drug-likeness (QED) is 0.224. The van der Waals surface area contributed by atoms with Crippen molar-refractivity contribution in [2.24, 2.45) is 0 Å². The lowest BCUT2D eigenvalue weighted by molar-refractivity contribution is 0.660. The molecule has 1 aliphatic rings. The molecule has 0 spiro atoms. The van der Waals surface area contributed by atoms with E-state index < -0.39 is 0 Å². The fourth-order valence-electron chi connectivity index (χ4n) is 5.84. The molecule has 0 radical (unpaired) electrons. The van der Waals surface area contributed by atoms with Gasteiger partial charge in [-0.2, -0.15) is 0 Å². The second kappa shape index (κ2) is 7.84. The third-order valence-electron chi connectivity index (χ3n) is 7.67. The summed E-state index contributed by atoms with van der Waals surface area (Å²) < 4.78 is 1.08. The molecule has 0 fully saturated rings. The fraction of sp³-hybridized carbons (Fsp3) is 0.0909. The van der Waals surface area contributed by atoms with Crippen molar-refractivity contribution >= 4 is 37.5 Å². The third kappa shape index (κ3) is 3.02. The largest absolute Gasteiger partial charge is 0.149 e. The maximum atomic E-state index is 4.84. The van der Waals surface area contributed by atoms with Crippen LogP contribution in [0.5, 0.6) is 0 Å². The second-order valence-electron chi connectivity index (χ2n) is 10.0. The van der Waals surface area contributed by atoms with Gasteiger partial charge in [-0.15, -0.1) is 10.2 Å². The van der Waals surface area contributed by atoms with Crippen molar-refractivity contribution in [2.45, 2.75) is 19.3 Å². The summed E-state index contributed by atoms with van der Waals surface area (Å²) in [7, 11) is 0. The van der Waals surface area contributed by atoms with E-state index in [0.29, 0.717) is 0 Å². The maximum absolute atomic E-state index is 4.84. The molecule has 0 N–H and O–H groups in total. The van der Waals surface area contributed by atoms with Gasteiger partial charge in [0.1, 0.15) is 11.4 Å². The van der Waals surface area contributed by atoms with Crippen LogP contribution in [0.4, 0.5) is 0 Å². The summed E-state index contributed by atoms with van der Waals surface area (Å²) in [4.78, 5) is 0. The summed E-state index contributed by atoms with van der Waals surface area (Å²) in [5, 5.41) is 14.2. The standard InChI is InChI=1S/C33H23BrN2/c1-33(2)28-14-8-7-10-22(28)23-16-15-20(19-29(23)33)31-25-12-5-6-13-26(25)32(36-35-31)27-17-18-30(34)24-11-4-3-9-21(24)27/h3-19H,1-2H3. The van der Waals surface area contributed by atoms with Gasteiger partial charge in [0.05, 0.1) is 0 Å². The summed E-state index contributed by atoms with van der Waals surface area (Å²) >= 11 is 3.70. The summed E-state index contributed by atoms with van der Waals surface area (Å²) in [6.07, 6.45) is 0. The highest BCUT2D eigenvalue weighted by atomic mass is 79.9. The Hall–Kier alpha value is -3.82. The Morgan fingerprint density at radius 1 is 0.528 bits per heavy atom. The first-order chi connectivity index (χ1) is 17.5. The minimum absolute atomic E-state index is 0.0541. The van der Waals surface area contributed by atoms with E-state index in [2.05, 4.69) is 133 Å². The molecule has 0 atom stereocenters. The van der Waals surface area contributed by atoms with E-state index in [1.54, 1.807) is 0 Å². The van der Waals surface area contributed by atoms with Crippen LogP contribution in [0.1, 0.15) is 25.0 Å². The van der Waals surface area contributed by atoms with Gasteiger partial charge in [0, 0.05) is 31.8 Å². The van der Waals surface area contributed by atoms with E-state index in [0.717, 1.165) is 43.1 Å². The predicted molar refractivity (Wildman–Crippen MR) is 153 cm³/mol. The first-order valence-corrected chi connectivity index (χ1v) is 13.0. The molecule has 5 aromatic carbocycles. The van der Waals surface area contributed by atoms with Crippen LogP contribution in [-0.2, 0) is 5.41 Å². The molecule has 36 heavy (non-hydrogen) atoms. The molecule has 0 aliphatic heterocycles. The molecular formula is C33H23BrN2. The number of halogens is 1. The molecule has 0 saturated heterocycles.